The van der Waals surface area contributed by atoms with E-state index >= 15 is 0 Å². The molecule has 0 saturated carbocycles. The number of nitrogens with zero attached hydrogens (tertiary/aromatic N) is 1. The van der Waals surface area contributed by atoms with E-state index in [4.69, 9.17) is 0 Å². The van der Waals surface area contributed by atoms with Crippen LogP contribution in [0.25, 0.3) is 10.8 Å². The van der Waals surface area contributed by atoms with Crippen molar-refractivity contribution in [2.75, 3.05) is 0 Å². The molecule has 0 unspecified atom stereocenters. The van der Waals surface area contributed by atoms with Crippen molar-refractivity contribution < 1.29 is 0 Å². The molecule has 0 bridgehead atoms. The molecular formula is C12H8N. The van der Waals surface area contributed by atoms with E-state index in [0.717, 1.165) is 12.1 Å². The molecule has 0 N–H and O–H groups in total. The van der Waals surface area contributed by atoms with Crippen LogP contribution in [-0.2, 0) is 6.42 Å². The molecule has 13 heavy (non-hydrogen) atoms. The van der Waals surface area contributed by atoms with E-state index in [1.165, 1.54) is 16.3 Å². The molecule has 2 aromatic rings. The third-order valence-electron chi connectivity index (χ3n) is 2.42. The summed E-state index contributed by atoms with van der Waals surface area (Å²) in [4.78, 5) is 4.20. The second-order valence-corrected chi connectivity index (χ2v) is 3.27. The number of hydrogen-bond donors (Lipinski definition) is 0. The van der Waals surface area contributed by atoms with Crippen LogP contribution >= 0.6 is 0 Å². The molecule has 1 radical (unpaired) electrons. The SMILES string of the molecule is [C]1=Nc2cc3ccccc3cc2C1. The zero-order valence-electron chi connectivity index (χ0n) is 7.12. The fourth-order valence-corrected chi connectivity index (χ4v) is 1.73. The summed E-state index contributed by atoms with van der Waals surface area (Å²) in [5, 5.41) is 2.55. The van der Waals surface area contributed by atoms with E-state index in [0.29, 0.717) is 0 Å². The van der Waals surface area contributed by atoms with Crippen LogP contribution < -0.4 is 0 Å². The van der Waals surface area contributed by atoms with Crippen LogP contribution in [0.15, 0.2) is 41.4 Å². The van der Waals surface area contributed by atoms with Gasteiger partial charge in [0.1, 0.15) is 0 Å². The standard InChI is InChI=1S/C12H8N/c1-2-4-10-8-12-11(5-6-13-12)7-9(10)3-1/h1-4,7-8H,5H2. The van der Waals surface area contributed by atoms with Crippen molar-refractivity contribution in [3.8, 4) is 0 Å². The molecule has 1 nitrogen and oxygen atoms in total. The molecule has 0 aliphatic carbocycles. The Morgan fingerprint density at radius 1 is 1.08 bits per heavy atom. The number of hydrogen-bond acceptors (Lipinski definition) is 1. The molecule has 61 valence electrons. The maximum absolute atomic E-state index is 4.20. The molecule has 0 aromatic heterocycles. The van der Waals surface area contributed by atoms with Crippen LogP contribution in [0.2, 0.25) is 0 Å². The minimum Gasteiger partial charge on any atom is -0.251 e. The highest BCUT2D eigenvalue weighted by Gasteiger charge is 2.07. The van der Waals surface area contributed by atoms with Crippen LogP contribution in [-0.4, -0.2) is 6.21 Å². The van der Waals surface area contributed by atoms with Crippen LogP contribution in [0.4, 0.5) is 5.69 Å². The van der Waals surface area contributed by atoms with E-state index in [-0.39, 0.29) is 0 Å². The summed E-state index contributed by atoms with van der Waals surface area (Å²) in [5.74, 6) is 0. The van der Waals surface area contributed by atoms with E-state index < -0.39 is 0 Å². The van der Waals surface area contributed by atoms with Gasteiger partial charge in [-0.1, -0.05) is 24.3 Å². The van der Waals surface area contributed by atoms with Gasteiger partial charge in [0.25, 0.3) is 0 Å². The molecule has 1 heterocycles. The predicted octanol–water partition coefficient (Wildman–Crippen LogP) is 2.98. The third-order valence-corrected chi connectivity index (χ3v) is 2.42. The average Bonchev–Trinajstić information content (AvgIpc) is 2.61. The molecule has 1 aliphatic rings. The number of rotatable bonds is 0. The fraction of sp³-hybridized carbons (Fsp3) is 0.0833. The topological polar surface area (TPSA) is 12.4 Å². The normalized spacial score (nSPS) is 13.5. The highest BCUT2D eigenvalue weighted by molar-refractivity contribution is 5.90. The monoisotopic (exact) mass is 166 g/mol. The molecule has 3 rings (SSSR count). The van der Waals surface area contributed by atoms with Gasteiger partial charge in [0, 0.05) is 6.42 Å². The van der Waals surface area contributed by atoms with Crippen molar-refractivity contribution >= 4 is 22.7 Å². The largest absolute Gasteiger partial charge is 0.251 e. The maximum Gasteiger partial charge on any atom is 0.0676 e. The first kappa shape index (κ1) is 6.84. The molecule has 0 amide bonds. The van der Waals surface area contributed by atoms with Crippen molar-refractivity contribution in [2.45, 2.75) is 6.42 Å². The molecule has 0 saturated heterocycles. The summed E-state index contributed by atoms with van der Waals surface area (Å²) < 4.78 is 0. The zero-order chi connectivity index (χ0) is 8.67. The van der Waals surface area contributed by atoms with Gasteiger partial charge in [0.2, 0.25) is 0 Å². The lowest BCUT2D eigenvalue weighted by Crippen LogP contribution is -1.79. The Hall–Kier alpha value is -1.63. The van der Waals surface area contributed by atoms with Gasteiger partial charge in [0.15, 0.2) is 0 Å². The Kier molecular flexibility index (Phi) is 1.28. The molecule has 0 fully saturated rings. The van der Waals surface area contributed by atoms with Gasteiger partial charge in [-0.3, -0.25) is 4.99 Å². The molecular weight excluding hydrogens is 158 g/mol. The molecule has 0 atom stereocenters. The summed E-state index contributed by atoms with van der Waals surface area (Å²) in [5.41, 5.74) is 2.37. The maximum atomic E-state index is 4.20. The minimum atomic E-state index is 0.861. The predicted molar refractivity (Wildman–Crippen MR) is 54.7 cm³/mol. The Morgan fingerprint density at radius 3 is 2.69 bits per heavy atom. The average molecular weight is 166 g/mol. The van der Waals surface area contributed by atoms with Crippen molar-refractivity contribution in [3.05, 3.63) is 42.0 Å². The lowest BCUT2D eigenvalue weighted by Gasteiger charge is -2.00. The summed E-state index contributed by atoms with van der Waals surface area (Å²) in [6.07, 6.45) is 3.85. The van der Waals surface area contributed by atoms with Gasteiger partial charge in [-0.05, 0) is 28.5 Å². The Balaban J connectivity index is 2.40. The van der Waals surface area contributed by atoms with Crippen molar-refractivity contribution in [3.63, 3.8) is 0 Å². The minimum absolute atomic E-state index is 0.861. The van der Waals surface area contributed by atoms with Gasteiger partial charge in [-0.15, -0.1) is 0 Å². The van der Waals surface area contributed by atoms with Gasteiger partial charge >= 0.3 is 0 Å². The Morgan fingerprint density at radius 2 is 1.85 bits per heavy atom. The molecule has 2 aromatic carbocycles. The molecule has 0 spiro atoms. The van der Waals surface area contributed by atoms with Crippen molar-refractivity contribution in [1.82, 2.24) is 0 Å². The van der Waals surface area contributed by atoms with Gasteiger partial charge < -0.3 is 0 Å². The summed E-state index contributed by atoms with van der Waals surface area (Å²) in [6, 6.07) is 12.7. The molecule has 1 aliphatic heterocycles. The van der Waals surface area contributed by atoms with Crippen molar-refractivity contribution in [1.29, 1.82) is 0 Å². The first-order valence-corrected chi connectivity index (χ1v) is 4.39. The van der Waals surface area contributed by atoms with Crippen LogP contribution in [0.3, 0.4) is 0 Å². The highest BCUT2D eigenvalue weighted by Crippen LogP contribution is 2.29. The zero-order valence-corrected chi connectivity index (χ0v) is 7.12. The van der Waals surface area contributed by atoms with Crippen molar-refractivity contribution in [2.24, 2.45) is 4.99 Å². The fourth-order valence-electron chi connectivity index (χ4n) is 1.73. The Bertz CT molecular complexity index is 497. The lowest BCUT2D eigenvalue weighted by atomic mass is 10.1. The lowest BCUT2D eigenvalue weighted by molar-refractivity contribution is 1.43. The number of benzene rings is 2. The van der Waals surface area contributed by atoms with E-state index in [1.807, 2.05) is 0 Å². The quantitative estimate of drug-likeness (QED) is 0.570. The van der Waals surface area contributed by atoms with Gasteiger partial charge in [0.05, 0.1) is 11.9 Å². The van der Waals surface area contributed by atoms with E-state index in [9.17, 15) is 0 Å². The number of aliphatic imine (C=N–C) groups is 1. The Labute approximate surface area is 76.7 Å². The summed E-state index contributed by atoms with van der Waals surface area (Å²) in [7, 11) is 0. The third kappa shape index (κ3) is 0.970. The first-order chi connectivity index (χ1) is 6.43. The second kappa shape index (κ2) is 2.43. The summed E-state index contributed by atoms with van der Waals surface area (Å²) >= 11 is 0. The highest BCUT2D eigenvalue weighted by atomic mass is 14.7. The van der Waals surface area contributed by atoms with Gasteiger partial charge in [-0.2, -0.15) is 0 Å². The van der Waals surface area contributed by atoms with E-state index in [1.54, 1.807) is 0 Å². The second-order valence-electron chi connectivity index (χ2n) is 3.27. The smallest absolute Gasteiger partial charge is 0.0676 e. The van der Waals surface area contributed by atoms with Crippen LogP contribution in [0.5, 0.6) is 0 Å². The van der Waals surface area contributed by atoms with E-state index in [2.05, 4.69) is 47.6 Å². The van der Waals surface area contributed by atoms with Gasteiger partial charge in [-0.25, -0.2) is 0 Å². The molecule has 1 heteroatoms. The number of fused-ring (bicyclic) bond motifs is 2. The summed E-state index contributed by atoms with van der Waals surface area (Å²) in [6.45, 7) is 0. The first-order valence-electron chi connectivity index (χ1n) is 4.39. The van der Waals surface area contributed by atoms with Crippen LogP contribution in [0.1, 0.15) is 5.56 Å². The van der Waals surface area contributed by atoms with Crippen LogP contribution in [0, 0.1) is 0 Å².